The zero-order valence-corrected chi connectivity index (χ0v) is 15.8. The Labute approximate surface area is 146 Å². The molecule has 136 valence electrons. The summed E-state index contributed by atoms with van der Waals surface area (Å²) in [7, 11) is 0. The van der Waals surface area contributed by atoms with Crippen molar-refractivity contribution in [3.8, 4) is 0 Å². The molecule has 2 rings (SSSR count). The van der Waals surface area contributed by atoms with Gasteiger partial charge in [0.15, 0.2) is 0 Å². The molecule has 4 heteroatoms. The van der Waals surface area contributed by atoms with Gasteiger partial charge in [-0.1, -0.05) is 19.8 Å². The van der Waals surface area contributed by atoms with E-state index in [2.05, 4.69) is 20.8 Å². The highest BCUT2D eigenvalue weighted by Crippen LogP contribution is 2.45. The number of furan rings is 1. The van der Waals surface area contributed by atoms with Crippen LogP contribution in [0.2, 0.25) is 0 Å². The molecule has 0 bridgehead atoms. The van der Waals surface area contributed by atoms with Crippen LogP contribution in [0.5, 0.6) is 0 Å². The van der Waals surface area contributed by atoms with E-state index in [0.717, 1.165) is 38.2 Å². The lowest BCUT2D eigenvalue weighted by Gasteiger charge is -2.46. The highest BCUT2D eigenvalue weighted by Gasteiger charge is 2.40. The Bertz CT molecular complexity index is 509. The molecule has 4 nitrogen and oxygen atoms in total. The average Bonchev–Trinajstić information content (AvgIpc) is 3.01. The fourth-order valence-electron chi connectivity index (χ4n) is 4.00. The maximum Gasteiger partial charge on any atom is 0.219 e. The standard InChI is InChI=1S/C20H33NO3/c1-5-6-9-20(11-14-24-19(3,4)16-20)10-12-21(17(2)22)15-18-8-7-13-23-18/h7-8,13H,5-6,9-12,14-16H2,1-4H3/t20-/m0/s1. The first-order valence-electron chi connectivity index (χ1n) is 9.28. The maximum atomic E-state index is 12.0. The molecule has 2 heterocycles. The predicted octanol–water partition coefficient (Wildman–Crippen LogP) is 4.78. The van der Waals surface area contributed by atoms with Crippen molar-refractivity contribution in [1.29, 1.82) is 0 Å². The van der Waals surface area contributed by atoms with Crippen molar-refractivity contribution in [2.24, 2.45) is 5.41 Å². The van der Waals surface area contributed by atoms with Gasteiger partial charge in [0.25, 0.3) is 0 Å². The molecular weight excluding hydrogens is 302 g/mol. The van der Waals surface area contributed by atoms with Gasteiger partial charge in [0.2, 0.25) is 5.91 Å². The molecule has 1 fully saturated rings. The summed E-state index contributed by atoms with van der Waals surface area (Å²) in [4.78, 5) is 14.0. The summed E-state index contributed by atoms with van der Waals surface area (Å²) in [6, 6.07) is 3.80. The van der Waals surface area contributed by atoms with Gasteiger partial charge in [0.1, 0.15) is 5.76 Å². The van der Waals surface area contributed by atoms with Gasteiger partial charge in [0.05, 0.1) is 18.4 Å². The molecule has 1 aliphatic heterocycles. The monoisotopic (exact) mass is 335 g/mol. The lowest BCUT2D eigenvalue weighted by atomic mass is 9.68. The summed E-state index contributed by atoms with van der Waals surface area (Å²) in [6.07, 6.45) is 8.57. The Kier molecular flexibility index (Phi) is 6.50. The average molecular weight is 335 g/mol. The number of hydrogen-bond donors (Lipinski definition) is 0. The Balaban J connectivity index is 2.03. The number of ether oxygens (including phenoxy) is 1. The molecule has 0 aromatic carbocycles. The van der Waals surface area contributed by atoms with E-state index in [1.807, 2.05) is 17.0 Å². The molecule has 1 aromatic heterocycles. The van der Waals surface area contributed by atoms with Gasteiger partial charge >= 0.3 is 0 Å². The van der Waals surface area contributed by atoms with E-state index >= 15 is 0 Å². The zero-order chi connectivity index (χ0) is 17.6. The van der Waals surface area contributed by atoms with Gasteiger partial charge in [0, 0.05) is 20.1 Å². The summed E-state index contributed by atoms with van der Waals surface area (Å²) in [6.45, 7) is 10.5. The van der Waals surface area contributed by atoms with Gasteiger partial charge in [-0.2, -0.15) is 0 Å². The normalized spacial score (nSPS) is 23.2. The molecule has 1 aliphatic rings. The molecule has 1 aromatic rings. The second-order valence-corrected chi connectivity index (χ2v) is 7.91. The van der Waals surface area contributed by atoms with Crippen LogP contribution in [0.25, 0.3) is 0 Å². The second kappa shape index (κ2) is 8.19. The van der Waals surface area contributed by atoms with Gasteiger partial charge in [-0.15, -0.1) is 0 Å². The highest BCUT2D eigenvalue weighted by atomic mass is 16.5. The first-order valence-corrected chi connectivity index (χ1v) is 9.28. The third-order valence-electron chi connectivity index (χ3n) is 5.27. The molecule has 0 N–H and O–H groups in total. The maximum absolute atomic E-state index is 12.0. The van der Waals surface area contributed by atoms with Crippen LogP contribution < -0.4 is 0 Å². The number of carbonyl (C=O) groups excluding carboxylic acids is 1. The number of amides is 1. The topological polar surface area (TPSA) is 42.7 Å². The summed E-state index contributed by atoms with van der Waals surface area (Å²) in [5.41, 5.74) is 0.225. The Morgan fingerprint density at radius 1 is 1.33 bits per heavy atom. The summed E-state index contributed by atoms with van der Waals surface area (Å²) in [5, 5.41) is 0. The fraction of sp³-hybridized carbons (Fsp3) is 0.750. The third-order valence-corrected chi connectivity index (χ3v) is 5.27. The van der Waals surface area contributed by atoms with Crippen molar-refractivity contribution in [2.45, 2.75) is 78.4 Å². The molecule has 1 atom stereocenters. The fourth-order valence-corrected chi connectivity index (χ4v) is 4.00. The largest absolute Gasteiger partial charge is 0.467 e. The number of carbonyl (C=O) groups is 1. The quantitative estimate of drug-likeness (QED) is 0.686. The van der Waals surface area contributed by atoms with Crippen molar-refractivity contribution < 1.29 is 13.9 Å². The van der Waals surface area contributed by atoms with Gasteiger partial charge in [-0.05, 0) is 57.1 Å². The molecule has 24 heavy (non-hydrogen) atoms. The lowest BCUT2D eigenvalue weighted by Crippen LogP contribution is -2.43. The zero-order valence-electron chi connectivity index (χ0n) is 15.8. The molecule has 0 unspecified atom stereocenters. The van der Waals surface area contributed by atoms with E-state index in [9.17, 15) is 4.79 Å². The van der Waals surface area contributed by atoms with E-state index < -0.39 is 0 Å². The second-order valence-electron chi connectivity index (χ2n) is 7.91. The number of rotatable bonds is 8. The van der Waals surface area contributed by atoms with Crippen LogP contribution in [0.4, 0.5) is 0 Å². The van der Waals surface area contributed by atoms with E-state index in [1.54, 1.807) is 13.2 Å². The Morgan fingerprint density at radius 2 is 2.12 bits per heavy atom. The summed E-state index contributed by atoms with van der Waals surface area (Å²) < 4.78 is 11.4. The van der Waals surface area contributed by atoms with Crippen molar-refractivity contribution in [1.82, 2.24) is 4.90 Å². The van der Waals surface area contributed by atoms with E-state index in [4.69, 9.17) is 9.15 Å². The molecule has 1 saturated heterocycles. The number of hydrogen-bond acceptors (Lipinski definition) is 3. The minimum absolute atomic E-state index is 0.0615. The molecule has 0 radical (unpaired) electrons. The minimum Gasteiger partial charge on any atom is -0.467 e. The van der Waals surface area contributed by atoms with E-state index in [-0.39, 0.29) is 16.9 Å². The number of nitrogens with zero attached hydrogens (tertiary/aromatic N) is 1. The first kappa shape index (κ1) is 19.0. The van der Waals surface area contributed by atoms with Crippen LogP contribution >= 0.6 is 0 Å². The van der Waals surface area contributed by atoms with Gasteiger partial charge in [-0.3, -0.25) is 4.79 Å². The number of unbranched alkanes of at least 4 members (excludes halogenated alkanes) is 1. The van der Waals surface area contributed by atoms with Crippen molar-refractivity contribution in [2.75, 3.05) is 13.2 Å². The van der Waals surface area contributed by atoms with Crippen LogP contribution in [0.1, 0.15) is 72.0 Å². The first-order chi connectivity index (χ1) is 11.4. The Morgan fingerprint density at radius 3 is 2.71 bits per heavy atom. The van der Waals surface area contributed by atoms with Crippen LogP contribution in [0.3, 0.4) is 0 Å². The van der Waals surface area contributed by atoms with Crippen LogP contribution in [0.15, 0.2) is 22.8 Å². The van der Waals surface area contributed by atoms with Gasteiger partial charge in [-0.25, -0.2) is 0 Å². The highest BCUT2D eigenvalue weighted by molar-refractivity contribution is 5.73. The predicted molar refractivity (Wildman–Crippen MR) is 95.6 cm³/mol. The SMILES string of the molecule is CCCC[C@]1(CCN(Cc2ccco2)C(C)=O)CCOC(C)(C)C1. The van der Waals surface area contributed by atoms with Crippen molar-refractivity contribution >= 4 is 5.91 Å². The van der Waals surface area contributed by atoms with E-state index in [1.165, 1.54) is 19.3 Å². The molecule has 0 spiro atoms. The van der Waals surface area contributed by atoms with Crippen LogP contribution in [0, 0.1) is 5.41 Å². The van der Waals surface area contributed by atoms with E-state index in [0.29, 0.717) is 6.54 Å². The molecule has 0 aliphatic carbocycles. The van der Waals surface area contributed by atoms with Crippen LogP contribution in [-0.4, -0.2) is 29.6 Å². The Hall–Kier alpha value is -1.29. The summed E-state index contributed by atoms with van der Waals surface area (Å²) in [5.74, 6) is 0.962. The molecule has 0 saturated carbocycles. The van der Waals surface area contributed by atoms with Gasteiger partial charge < -0.3 is 14.1 Å². The molecular formula is C20H33NO3. The lowest BCUT2D eigenvalue weighted by molar-refractivity contribution is -0.132. The smallest absolute Gasteiger partial charge is 0.219 e. The van der Waals surface area contributed by atoms with Crippen LogP contribution in [-0.2, 0) is 16.1 Å². The van der Waals surface area contributed by atoms with Crippen molar-refractivity contribution in [3.05, 3.63) is 24.2 Å². The third kappa shape index (κ3) is 5.37. The minimum atomic E-state index is -0.0615. The summed E-state index contributed by atoms with van der Waals surface area (Å²) >= 11 is 0. The molecule has 1 amide bonds. The van der Waals surface area contributed by atoms with Crippen molar-refractivity contribution in [3.63, 3.8) is 0 Å².